The molecule has 0 saturated heterocycles. The van der Waals surface area contributed by atoms with Gasteiger partial charge in [0.15, 0.2) is 0 Å². The molecule has 0 rings (SSSR count). The van der Waals surface area contributed by atoms with Gasteiger partial charge in [-0.2, -0.15) is 12.6 Å². The zero-order valence-corrected chi connectivity index (χ0v) is 9.48. The fraction of sp³-hybridized carbons (Fsp3) is 0.900. The number of rotatable bonds is 7. The van der Waals surface area contributed by atoms with Crippen LogP contribution in [0.1, 0.15) is 46.0 Å². The average Bonchev–Trinajstić information content (AvgIpc) is 2.14. The van der Waals surface area contributed by atoms with E-state index in [1.54, 1.807) is 0 Å². The van der Waals surface area contributed by atoms with Crippen molar-refractivity contribution < 1.29 is 9.53 Å². The van der Waals surface area contributed by atoms with E-state index in [0.29, 0.717) is 6.61 Å². The van der Waals surface area contributed by atoms with E-state index in [2.05, 4.69) is 26.5 Å². The van der Waals surface area contributed by atoms with Crippen LogP contribution in [0.3, 0.4) is 0 Å². The van der Waals surface area contributed by atoms with E-state index >= 15 is 0 Å². The summed E-state index contributed by atoms with van der Waals surface area (Å²) in [7, 11) is 0. The first-order chi connectivity index (χ1) is 6.22. The molecule has 2 nitrogen and oxygen atoms in total. The average molecular weight is 327 g/mol. The number of esters is 1. The molecule has 0 N–H and O–H groups in total. The summed E-state index contributed by atoms with van der Waals surface area (Å²) in [6, 6.07) is 0. The molecular weight excluding hydrogens is 303 g/mol. The summed E-state index contributed by atoms with van der Waals surface area (Å²) in [6.07, 6.45) is 4.96. The summed E-state index contributed by atoms with van der Waals surface area (Å²) < 4.78 is 5.03. The maximum atomic E-state index is 11.2. The fourth-order valence-corrected chi connectivity index (χ4v) is 1.19. The molecular formula is C10H24O2SSn. The van der Waals surface area contributed by atoms with Crippen LogP contribution in [-0.2, 0) is 9.53 Å². The van der Waals surface area contributed by atoms with E-state index in [9.17, 15) is 4.79 Å². The van der Waals surface area contributed by atoms with Crippen LogP contribution in [-0.4, -0.2) is 41.7 Å². The van der Waals surface area contributed by atoms with E-state index in [4.69, 9.17) is 4.74 Å². The summed E-state index contributed by atoms with van der Waals surface area (Å²) >= 11 is 4.19. The molecule has 0 amide bonds. The molecule has 0 spiro atoms. The molecule has 14 heavy (non-hydrogen) atoms. The molecule has 0 aromatic heterocycles. The number of unbranched alkanes of at least 4 members (excludes halogenated alkanes) is 2. The monoisotopic (exact) mass is 328 g/mol. The Bertz CT molecular complexity index is 142. The van der Waals surface area contributed by atoms with Gasteiger partial charge in [0.1, 0.15) is 0 Å². The van der Waals surface area contributed by atoms with Crippen LogP contribution >= 0.6 is 12.6 Å². The van der Waals surface area contributed by atoms with Gasteiger partial charge in [-0.05, 0) is 12.8 Å². The maximum absolute atomic E-state index is 11.2. The Morgan fingerprint density at radius 1 is 1.29 bits per heavy atom. The molecule has 0 saturated carbocycles. The van der Waals surface area contributed by atoms with Crippen molar-refractivity contribution in [3.63, 3.8) is 0 Å². The third-order valence-electron chi connectivity index (χ3n) is 1.85. The summed E-state index contributed by atoms with van der Waals surface area (Å²) in [4.78, 5) is 11.2. The van der Waals surface area contributed by atoms with Crippen molar-refractivity contribution in [2.75, 3.05) is 6.61 Å². The van der Waals surface area contributed by atoms with Crippen LogP contribution in [0.5, 0.6) is 0 Å². The molecule has 1 atom stereocenters. The molecule has 0 heterocycles. The van der Waals surface area contributed by atoms with Crippen molar-refractivity contribution >= 4 is 42.5 Å². The Morgan fingerprint density at radius 2 is 1.86 bits per heavy atom. The van der Waals surface area contributed by atoms with Gasteiger partial charge in [-0.3, -0.25) is 4.79 Å². The molecule has 1 unspecified atom stereocenters. The Labute approximate surface area is 110 Å². The van der Waals surface area contributed by atoms with Crippen molar-refractivity contribution in [1.29, 1.82) is 0 Å². The summed E-state index contributed by atoms with van der Waals surface area (Å²) in [6.45, 7) is 4.71. The van der Waals surface area contributed by atoms with Crippen molar-refractivity contribution in [1.82, 2.24) is 0 Å². The van der Waals surface area contributed by atoms with Gasteiger partial charge in [0, 0.05) is 0 Å². The van der Waals surface area contributed by atoms with Crippen LogP contribution in [0.25, 0.3) is 0 Å². The second kappa shape index (κ2) is 11.7. The zero-order valence-electron chi connectivity index (χ0n) is 8.58. The molecule has 0 aromatic rings. The minimum atomic E-state index is -0.225. The van der Waals surface area contributed by atoms with Crippen molar-refractivity contribution in [3.8, 4) is 0 Å². The molecule has 0 bridgehead atoms. The van der Waals surface area contributed by atoms with E-state index in [1.165, 1.54) is 0 Å². The molecule has 0 aliphatic rings. The second-order valence-electron chi connectivity index (χ2n) is 3.18. The number of carbonyl (C=O) groups excluding carboxylic acids is 1. The SMILES string of the molecule is CCCCOC(=O)C(S)CCCC.[SnH4]. The standard InChI is InChI=1S/C10H20O2S.Sn.4H/c1-3-5-7-9(13)10(11)12-8-6-4-2;;;;;/h9,13H,3-8H2,1-2H3;;;;;. The van der Waals surface area contributed by atoms with Gasteiger partial charge in [0.25, 0.3) is 0 Å². The van der Waals surface area contributed by atoms with Gasteiger partial charge in [0.2, 0.25) is 0 Å². The number of ether oxygens (including phenoxy) is 1. The number of hydrogen-bond acceptors (Lipinski definition) is 3. The molecule has 0 aromatic carbocycles. The van der Waals surface area contributed by atoms with Crippen LogP contribution in [0.2, 0.25) is 0 Å². The van der Waals surface area contributed by atoms with E-state index in [1.807, 2.05) is 0 Å². The van der Waals surface area contributed by atoms with Gasteiger partial charge < -0.3 is 4.74 Å². The molecule has 0 aliphatic heterocycles. The van der Waals surface area contributed by atoms with Gasteiger partial charge in [-0.25, -0.2) is 0 Å². The quantitative estimate of drug-likeness (QED) is 0.331. The number of thiol groups is 1. The molecule has 0 radical (unpaired) electrons. The third kappa shape index (κ3) is 9.18. The van der Waals surface area contributed by atoms with E-state index in [-0.39, 0.29) is 35.1 Å². The van der Waals surface area contributed by atoms with E-state index in [0.717, 1.165) is 32.1 Å². The van der Waals surface area contributed by atoms with Gasteiger partial charge in [-0.1, -0.05) is 33.1 Å². The predicted octanol–water partition coefficient (Wildman–Crippen LogP) is 1.37. The molecule has 4 heteroatoms. The Hall–Kier alpha value is 0.619. The van der Waals surface area contributed by atoms with Gasteiger partial charge >= 0.3 is 29.9 Å². The Kier molecular flexibility index (Phi) is 14.2. The molecule has 0 fully saturated rings. The molecule has 86 valence electrons. The summed E-state index contributed by atoms with van der Waals surface area (Å²) in [5.41, 5.74) is 0. The summed E-state index contributed by atoms with van der Waals surface area (Å²) in [5, 5.41) is -0.225. The van der Waals surface area contributed by atoms with Crippen LogP contribution in [0.4, 0.5) is 0 Å². The minimum absolute atomic E-state index is 0. The Balaban J connectivity index is 0. The summed E-state index contributed by atoms with van der Waals surface area (Å²) in [5.74, 6) is -0.162. The van der Waals surface area contributed by atoms with Crippen LogP contribution < -0.4 is 0 Å². The fourth-order valence-electron chi connectivity index (χ4n) is 0.929. The second-order valence-corrected chi connectivity index (χ2v) is 3.80. The first-order valence-electron chi connectivity index (χ1n) is 5.07. The first-order valence-corrected chi connectivity index (χ1v) is 5.58. The predicted molar refractivity (Wildman–Crippen MR) is 69.5 cm³/mol. The van der Waals surface area contributed by atoms with Crippen LogP contribution in [0, 0.1) is 0 Å². The van der Waals surface area contributed by atoms with Crippen molar-refractivity contribution in [3.05, 3.63) is 0 Å². The number of hydrogen-bond donors (Lipinski definition) is 1. The number of carbonyl (C=O) groups is 1. The van der Waals surface area contributed by atoms with Gasteiger partial charge in [0.05, 0.1) is 11.9 Å². The Morgan fingerprint density at radius 3 is 2.36 bits per heavy atom. The van der Waals surface area contributed by atoms with Crippen molar-refractivity contribution in [2.45, 2.75) is 51.2 Å². The van der Waals surface area contributed by atoms with E-state index < -0.39 is 0 Å². The topological polar surface area (TPSA) is 26.3 Å². The third-order valence-corrected chi connectivity index (χ3v) is 2.31. The normalized spacial score (nSPS) is 11.6. The first kappa shape index (κ1) is 17.0. The molecule has 0 aliphatic carbocycles. The van der Waals surface area contributed by atoms with Gasteiger partial charge in [-0.15, -0.1) is 0 Å². The van der Waals surface area contributed by atoms with Crippen molar-refractivity contribution in [2.24, 2.45) is 0 Å². The zero-order chi connectivity index (χ0) is 10.1. The van der Waals surface area contributed by atoms with Crippen LogP contribution in [0.15, 0.2) is 0 Å².